The lowest BCUT2D eigenvalue weighted by Crippen LogP contribution is -2.39. The van der Waals surface area contributed by atoms with E-state index in [4.69, 9.17) is 0 Å². The lowest BCUT2D eigenvalue weighted by atomic mass is 10.1. The van der Waals surface area contributed by atoms with Gasteiger partial charge in [-0.3, -0.25) is 9.59 Å². The van der Waals surface area contributed by atoms with Crippen molar-refractivity contribution in [2.75, 3.05) is 25.0 Å². The molecule has 0 bridgehead atoms. The fourth-order valence-corrected chi connectivity index (χ4v) is 3.10. The van der Waals surface area contributed by atoms with Gasteiger partial charge in [-0.1, -0.05) is 6.07 Å². The zero-order valence-electron chi connectivity index (χ0n) is 13.6. The zero-order chi connectivity index (χ0) is 15.9. The molecule has 0 spiro atoms. The van der Waals surface area contributed by atoms with E-state index in [0.717, 1.165) is 12.2 Å². The van der Waals surface area contributed by atoms with Gasteiger partial charge in [-0.15, -0.1) is 0 Å². The largest absolute Gasteiger partial charge is 0.345 e. The van der Waals surface area contributed by atoms with E-state index < -0.39 is 5.92 Å². The molecule has 22 heavy (non-hydrogen) atoms. The molecule has 118 valence electrons. The molecule has 0 N–H and O–H groups in total. The van der Waals surface area contributed by atoms with Crippen LogP contribution in [0.1, 0.15) is 30.4 Å². The standard InChI is InChI=1S/C18H24N2O2/c1-12-4-7-15(10-13(12)2)20-9-8-16(18(20)22)17(21)19(3)11-14-5-6-14/h4,7,10,14,16H,5-6,8-9,11H2,1-3H3/t16-/m0/s1. The molecule has 1 heterocycles. The molecule has 3 rings (SSSR count). The van der Waals surface area contributed by atoms with Crippen molar-refractivity contribution < 1.29 is 9.59 Å². The van der Waals surface area contributed by atoms with Gasteiger partial charge in [0.1, 0.15) is 5.92 Å². The molecule has 2 fully saturated rings. The van der Waals surface area contributed by atoms with Gasteiger partial charge in [0.05, 0.1) is 0 Å². The predicted molar refractivity (Wildman–Crippen MR) is 86.7 cm³/mol. The van der Waals surface area contributed by atoms with Crippen molar-refractivity contribution in [2.45, 2.75) is 33.1 Å². The number of benzene rings is 1. The SMILES string of the molecule is Cc1ccc(N2CC[C@@H](C(=O)N(C)CC3CC3)C2=O)cc1C. The van der Waals surface area contributed by atoms with Gasteiger partial charge in [0.25, 0.3) is 0 Å². The van der Waals surface area contributed by atoms with E-state index in [1.165, 1.54) is 24.0 Å². The maximum atomic E-state index is 12.6. The first-order chi connectivity index (χ1) is 10.5. The summed E-state index contributed by atoms with van der Waals surface area (Å²) in [6.07, 6.45) is 3.05. The number of nitrogens with zero attached hydrogens (tertiary/aromatic N) is 2. The third-order valence-electron chi connectivity index (χ3n) is 4.91. The highest BCUT2D eigenvalue weighted by atomic mass is 16.2. The second kappa shape index (κ2) is 5.75. The summed E-state index contributed by atoms with van der Waals surface area (Å²) in [5, 5.41) is 0. The zero-order valence-corrected chi connectivity index (χ0v) is 13.6. The molecule has 1 aromatic carbocycles. The molecule has 1 atom stereocenters. The Labute approximate surface area is 132 Å². The van der Waals surface area contributed by atoms with Crippen molar-refractivity contribution >= 4 is 17.5 Å². The smallest absolute Gasteiger partial charge is 0.239 e. The van der Waals surface area contributed by atoms with Crippen LogP contribution in [0, 0.1) is 25.7 Å². The highest BCUT2D eigenvalue weighted by molar-refractivity contribution is 6.09. The summed E-state index contributed by atoms with van der Waals surface area (Å²) in [5.41, 5.74) is 3.30. The minimum atomic E-state index is -0.495. The van der Waals surface area contributed by atoms with Crippen LogP contribution in [0.15, 0.2) is 18.2 Å². The first kappa shape index (κ1) is 15.1. The number of hydrogen-bond donors (Lipinski definition) is 0. The summed E-state index contributed by atoms with van der Waals surface area (Å²) in [7, 11) is 1.83. The summed E-state index contributed by atoms with van der Waals surface area (Å²) in [5.74, 6) is 0.103. The molecule has 0 aromatic heterocycles. The quantitative estimate of drug-likeness (QED) is 0.802. The summed E-state index contributed by atoms with van der Waals surface area (Å²) in [4.78, 5) is 28.6. The Hall–Kier alpha value is -1.84. The Balaban J connectivity index is 1.70. The highest BCUT2D eigenvalue weighted by Gasteiger charge is 2.39. The second-order valence-corrected chi connectivity index (χ2v) is 6.76. The van der Waals surface area contributed by atoms with Crippen LogP contribution < -0.4 is 4.90 Å². The molecule has 4 nitrogen and oxygen atoms in total. The van der Waals surface area contributed by atoms with Crippen molar-refractivity contribution in [3.8, 4) is 0 Å². The first-order valence-electron chi connectivity index (χ1n) is 8.11. The Bertz CT molecular complexity index is 607. The number of carbonyl (C=O) groups excluding carboxylic acids is 2. The van der Waals surface area contributed by atoms with Crippen LogP contribution in [0.5, 0.6) is 0 Å². The Morgan fingerprint density at radius 3 is 2.59 bits per heavy atom. The van der Waals surface area contributed by atoms with Crippen LogP contribution in [0.2, 0.25) is 0 Å². The minimum Gasteiger partial charge on any atom is -0.345 e. The third kappa shape index (κ3) is 2.87. The molecule has 1 aromatic rings. The van der Waals surface area contributed by atoms with Crippen molar-refractivity contribution in [3.05, 3.63) is 29.3 Å². The van der Waals surface area contributed by atoms with Gasteiger partial charge in [-0.25, -0.2) is 0 Å². The van der Waals surface area contributed by atoms with Gasteiger partial charge in [-0.2, -0.15) is 0 Å². The van der Waals surface area contributed by atoms with Gasteiger partial charge < -0.3 is 9.80 Å². The maximum Gasteiger partial charge on any atom is 0.239 e. The van der Waals surface area contributed by atoms with Gasteiger partial charge in [-0.05, 0) is 62.3 Å². The summed E-state index contributed by atoms with van der Waals surface area (Å²) < 4.78 is 0. The van der Waals surface area contributed by atoms with Gasteiger partial charge in [0.15, 0.2) is 0 Å². The van der Waals surface area contributed by atoms with E-state index in [2.05, 4.69) is 6.92 Å². The molecule has 4 heteroatoms. The van der Waals surface area contributed by atoms with E-state index >= 15 is 0 Å². The number of rotatable bonds is 4. The molecular formula is C18H24N2O2. The number of aryl methyl sites for hydroxylation is 2. The summed E-state index contributed by atoms with van der Waals surface area (Å²) in [6, 6.07) is 6.04. The fraction of sp³-hybridized carbons (Fsp3) is 0.556. The van der Waals surface area contributed by atoms with Crippen molar-refractivity contribution in [2.24, 2.45) is 11.8 Å². The van der Waals surface area contributed by atoms with Crippen molar-refractivity contribution in [1.82, 2.24) is 4.90 Å². The Kier molecular flexibility index (Phi) is 3.94. The summed E-state index contributed by atoms with van der Waals surface area (Å²) >= 11 is 0. The molecule has 1 aliphatic carbocycles. The predicted octanol–water partition coefficient (Wildman–Crippen LogP) is 2.52. The average molecular weight is 300 g/mol. The lowest BCUT2D eigenvalue weighted by molar-refractivity contribution is -0.139. The number of hydrogen-bond acceptors (Lipinski definition) is 2. The number of amides is 2. The van der Waals surface area contributed by atoms with E-state index in [1.807, 2.05) is 32.2 Å². The van der Waals surface area contributed by atoms with Crippen LogP contribution in [-0.4, -0.2) is 36.9 Å². The van der Waals surface area contributed by atoms with Crippen LogP contribution in [0.4, 0.5) is 5.69 Å². The summed E-state index contributed by atoms with van der Waals surface area (Å²) in [6.45, 7) is 5.54. The van der Waals surface area contributed by atoms with Crippen LogP contribution in [0.25, 0.3) is 0 Å². The Morgan fingerprint density at radius 1 is 1.23 bits per heavy atom. The first-order valence-corrected chi connectivity index (χ1v) is 8.11. The molecule has 0 radical (unpaired) electrons. The normalized spacial score (nSPS) is 21.3. The van der Waals surface area contributed by atoms with Crippen molar-refractivity contribution in [3.63, 3.8) is 0 Å². The van der Waals surface area contributed by atoms with Gasteiger partial charge >= 0.3 is 0 Å². The van der Waals surface area contributed by atoms with Crippen molar-refractivity contribution in [1.29, 1.82) is 0 Å². The average Bonchev–Trinajstić information content (AvgIpc) is 3.22. The van der Waals surface area contributed by atoms with Gasteiger partial charge in [0, 0.05) is 25.8 Å². The molecule has 1 aliphatic heterocycles. The molecule has 1 saturated carbocycles. The minimum absolute atomic E-state index is 0.0109. The van der Waals surface area contributed by atoms with E-state index in [1.54, 1.807) is 9.80 Å². The molecule has 0 unspecified atom stereocenters. The highest BCUT2D eigenvalue weighted by Crippen LogP contribution is 2.31. The van der Waals surface area contributed by atoms with Crippen LogP contribution >= 0.6 is 0 Å². The van der Waals surface area contributed by atoms with E-state index in [9.17, 15) is 9.59 Å². The molecular weight excluding hydrogens is 276 g/mol. The van der Waals surface area contributed by atoms with Crippen LogP contribution in [-0.2, 0) is 9.59 Å². The second-order valence-electron chi connectivity index (χ2n) is 6.76. The Morgan fingerprint density at radius 2 is 1.95 bits per heavy atom. The molecule has 2 amide bonds. The maximum absolute atomic E-state index is 12.6. The molecule has 2 aliphatic rings. The molecule has 1 saturated heterocycles. The van der Waals surface area contributed by atoms with E-state index in [-0.39, 0.29) is 11.8 Å². The third-order valence-corrected chi connectivity index (χ3v) is 4.91. The fourth-order valence-electron chi connectivity index (χ4n) is 3.10. The topological polar surface area (TPSA) is 40.6 Å². The van der Waals surface area contributed by atoms with E-state index in [0.29, 0.717) is 18.9 Å². The van der Waals surface area contributed by atoms with Gasteiger partial charge in [0.2, 0.25) is 11.8 Å². The number of carbonyl (C=O) groups is 2. The lowest BCUT2D eigenvalue weighted by Gasteiger charge is -2.21. The number of anilines is 1. The monoisotopic (exact) mass is 300 g/mol. The van der Waals surface area contributed by atoms with Crippen LogP contribution in [0.3, 0.4) is 0 Å².